The average Bonchev–Trinajstić information content (AvgIpc) is 2.71. The highest BCUT2D eigenvalue weighted by Crippen LogP contribution is 2.16. The summed E-state index contributed by atoms with van der Waals surface area (Å²) in [7, 11) is 1.84. The van der Waals surface area contributed by atoms with Crippen LogP contribution in [-0.4, -0.2) is 46.3 Å². The van der Waals surface area contributed by atoms with Gasteiger partial charge in [0.1, 0.15) is 5.69 Å². The first-order valence-corrected chi connectivity index (χ1v) is 6.56. The standard InChI is InChI=1S/C13H22N4O/c1-9(2)11-7-12(16(4)15-11)13(18)17-6-5-14-8-10(17)3/h7,9-10,14H,5-6,8H2,1-4H3/t10-/m0/s1. The number of aromatic nitrogens is 2. The molecule has 0 bridgehead atoms. The summed E-state index contributed by atoms with van der Waals surface area (Å²) in [4.78, 5) is 14.4. The van der Waals surface area contributed by atoms with Gasteiger partial charge in [0.15, 0.2) is 0 Å². The molecule has 0 spiro atoms. The first-order valence-electron chi connectivity index (χ1n) is 6.56. The monoisotopic (exact) mass is 250 g/mol. The zero-order valence-electron chi connectivity index (χ0n) is 11.6. The van der Waals surface area contributed by atoms with Crippen LogP contribution in [0, 0.1) is 0 Å². The third-order valence-electron chi connectivity index (χ3n) is 3.47. The Labute approximate surface area is 108 Å². The maximum atomic E-state index is 12.5. The van der Waals surface area contributed by atoms with Gasteiger partial charge in [0.05, 0.1) is 5.69 Å². The van der Waals surface area contributed by atoms with Gasteiger partial charge in [-0.25, -0.2) is 0 Å². The van der Waals surface area contributed by atoms with E-state index in [0.29, 0.717) is 11.6 Å². The largest absolute Gasteiger partial charge is 0.332 e. The number of amides is 1. The molecule has 2 heterocycles. The van der Waals surface area contributed by atoms with E-state index in [9.17, 15) is 4.79 Å². The van der Waals surface area contributed by atoms with Gasteiger partial charge in [-0.1, -0.05) is 13.8 Å². The molecule has 1 amide bonds. The van der Waals surface area contributed by atoms with Gasteiger partial charge < -0.3 is 10.2 Å². The second-order valence-corrected chi connectivity index (χ2v) is 5.28. The van der Waals surface area contributed by atoms with Crippen LogP contribution in [-0.2, 0) is 7.05 Å². The number of carbonyl (C=O) groups excluding carboxylic acids is 1. The van der Waals surface area contributed by atoms with Crippen LogP contribution in [0.25, 0.3) is 0 Å². The molecule has 2 rings (SSSR count). The molecule has 0 radical (unpaired) electrons. The van der Waals surface area contributed by atoms with E-state index in [1.165, 1.54) is 0 Å². The first-order chi connectivity index (χ1) is 8.50. The lowest BCUT2D eigenvalue weighted by Gasteiger charge is -2.33. The molecule has 1 aromatic rings. The van der Waals surface area contributed by atoms with E-state index >= 15 is 0 Å². The van der Waals surface area contributed by atoms with E-state index in [-0.39, 0.29) is 11.9 Å². The number of rotatable bonds is 2. The topological polar surface area (TPSA) is 50.2 Å². The van der Waals surface area contributed by atoms with Gasteiger partial charge in [0.2, 0.25) is 0 Å². The maximum absolute atomic E-state index is 12.5. The minimum atomic E-state index is 0.0888. The lowest BCUT2D eigenvalue weighted by atomic mass is 10.1. The summed E-state index contributed by atoms with van der Waals surface area (Å²) in [5.41, 5.74) is 1.66. The molecule has 1 aliphatic heterocycles. The predicted molar refractivity (Wildman–Crippen MR) is 70.7 cm³/mol. The van der Waals surface area contributed by atoms with Crippen LogP contribution in [0.1, 0.15) is 42.9 Å². The van der Waals surface area contributed by atoms with Crippen molar-refractivity contribution in [3.8, 4) is 0 Å². The van der Waals surface area contributed by atoms with Crippen molar-refractivity contribution >= 4 is 5.91 Å². The van der Waals surface area contributed by atoms with Crippen LogP contribution in [0.2, 0.25) is 0 Å². The molecule has 1 aliphatic rings. The predicted octanol–water partition coefficient (Wildman–Crippen LogP) is 0.977. The van der Waals surface area contributed by atoms with Crippen molar-refractivity contribution in [2.45, 2.75) is 32.7 Å². The van der Waals surface area contributed by atoms with E-state index in [0.717, 1.165) is 25.3 Å². The molecular formula is C13H22N4O. The normalized spacial score (nSPS) is 20.5. The molecule has 1 fully saturated rings. The molecule has 1 aromatic heterocycles. The highest BCUT2D eigenvalue weighted by Gasteiger charge is 2.26. The second-order valence-electron chi connectivity index (χ2n) is 5.28. The average molecular weight is 250 g/mol. The van der Waals surface area contributed by atoms with Gasteiger partial charge in [-0.05, 0) is 18.9 Å². The van der Waals surface area contributed by atoms with Gasteiger partial charge >= 0.3 is 0 Å². The maximum Gasteiger partial charge on any atom is 0.272 e. The van der Waals surface area contributed by atoms with Crippen molar-refractivity contribution in [1.82, 2.24) is 20.0 Å². The molecule has 5 heteroatoms. The molecule has 1 N–H and O–H groups in total. The molecule has 1 saturated heterocycles. The van der Waals surface area contributed by atoms with Crippen molar-refractivity contribution < 1.29 is 4.79 Å². The zero-order chi connectivity index (χ0) is 13.3. The SMILES string of the molecule is CC(C)c1cc(C(=O)N2CCNC[C@@H]2C)n(C)n1. The van der Waals surface area contributed by atoms with Crippen molar-refractivity contribution in [2.75, 3.05) is 19.6 Å². The minimum Gasteiger partial charge on any atom is -0.332 e. The van der Waals surface area contributed by atoms with Crippen LogP contribution in [0.15, 0.2) is 6.07 Å². The Balaban J connectivity index is 2.22. The Morgan fingerprint density at radius 1 is 1.56 bits per heavy atom. The fraction of sp³-hybridized carbons (Fsp3) is 0.692. The molecule has 5 nitrogen and oxygen atoms in total. The van der Waals surface area contributed by atoms with E-state index in [4.69, 9.17) is 0 Å². The number of hydrogen-bond donors (Lipinski definition) is 1. The molecule has 18 heavy (non-hydrogen) atoms. The third-order valence-corrected chi connectivity index (χ3v) is 3.47. The van der Waals surface area contributed by atoms with Crippen LogP contribution >= 0.6 is 0 Å². The van der Waals surface area contributed by atoms with Crippen molar-refractivity contribution in [3.05, 3.63) is 17.5 Å². The highest BCUT2D eigenvalue weighted by atomic mass is 16.2. The van der Waals surface area contributed by atoms with E-state index in [1.807, 2.05) is 18.0 Å². The van der Waals surface area contributed by atoms with E-state index in [1.54, 1.807) is 4.68 Å². The fourth-order valence-corrected chi connectivity index (χ4v) is 2.26. The Hall–Kier alpha value is -1.36. The summed E-state index contributed by atoms with van der Waals surface area (Å²) in [6.07, 6.45) is 0. The highest BCUT2D eigenvalue weighted by molar-refractivity contribution is 5.93. The van der Waals surface area contributed by atoms with Gasteiger partial charge in [-0.3, -0.25) is 9.48 Å². The number of aryl methyl sites for hydroxylation is 1. The van der Waals surface area contributed by atoms with E-state index in [2.05, 4.69) is 31.2 Å². The van der Waals surface area contributed by atoms with Crippen LogP contribution < -0.4 is 5.32 Å². The lowest BCUT2D eigenvalue weighted by Crippen LogP contribution is -2.52. The Kier molecular flexibility index (Phi) is 3.71. The first kappa shape index (κ1) is 13.1. The van der Waals surface area contributed by atoms with Gasteiger partial charge in [-0.2, -0.15) is 5.10 Å². The summed E-state index contributed by atoms with van der Waals surface area (Å²) >= 11 is 0. The molecular weight excluding hydrogens is 228 g/mol. The van der Waals surface area contributed by atoms with Crippen molar-refractivity contribution in [1.29, 1.82) is 0 Å². The summed E-state index contributed by atoms with van der Waals surface area (Å²) < 4.78 is 1.70. The summed E-state index contributed by atoms with van der Waals surface area (Å²) in [6.45, 7) is 8.74. The van der Waals surface area contributed by atoms with Gasteiger partial charge in [0, 0.05) is 32.7 Å². The Morgan fingerprint density at radius 3 is 2.83 bits per heavy atom. The minimum absolute atomic E-state index is 0.0888. The number of nitrogens with zero attached hydrogens (tertiary/aromatic N) is 3. The molecule has 1 atom stereocenters. The van der Waals surface area contributed by atoms with Crippen molar-refractivity contribution in [3.63, 3.8) is 0 Å². The van der Waals surface area contributed by atoms with Crippen LogP contribution in [0.3, 0.4) is 0 Å². The molecule has 0 saturated carbocycles. The smallest absolute Gasteiger partial charge is 0.272 e. The number of piperazine rings is 1. The molecule has 0 aliphatic carbocycles. The summed E-state index contributed by atoms with van der Waals surface area (Å²) in [6, 6.07) is 2.16. The molecule has 100 valence electrons. The van der Waals surface area contributed by atoms with Crippen LogP contribution in [0.5, 0.6) is 0 Å². The second kappa shape index (κ2) is 5.10. The quantitative estimate of drug-likeness (QED) is 0.851. The number of carbonyl (C=O) groups is 1. The fourth-order valence-electron chi connectivity index (χ4n) is 2.26. The zero-order valence-corrected chi connectivity index (χ0v) is 11.6. The molecule has 0 aromatic carbocycles. The molecule has 0 unspecified atom stereocenters. The Bertz CT molecular complexity index is 438. The van der Waals surface area contributed by atoms with Gasteiger partial charge in [0.25, 0.3) is 5.91 Å². The number of nitrogens with one attached hydrogen (secondary N) is 1. The third kappa shape index (κ3) is 2.41. The Morgan fingerprint density at radius 2 is 2.28 bits per heavy atom. The summed E-state index contributed by atoms with van der Waals surface area (Å²) in [5.74, 6) is 0.434. The van der Waals surface area contributed by atoms with Crippen LogP contribution in [0.4, 0.5) is 0 Å². The van der Waals surface area contributed by atoms with Gasteiger partial charge in [-0.15, -0.1) is 0 Å². The summed E-state index contributed by atoms with van der Waals surface area (Å²) in [5, 5.41) is 7.70. The van der Waals surface area contributed by atoms with E-state index < -0.39 is 0 Å². The van der Waals surface area contributed by atoms with Crippen molar-refractivity contribution in [2.24, 2.45) is 7.05 Å². The number of hydrogen-bond acceptors (Lipinski definition) is 3. The lowest BCUT2D eigenvalue weighted by molar-refractivity contribution is 0.0644.